The summed E-state index contributed by atoms with van der Waals surface area (Å²) in [7, 11) is 0. The molecule has 0 bridgehead atoms. The molecule has 1 N–H and O–H groups in total. The van der Waals surface area contributed by atoms with Crippen LogP contribution < -0.4 is 10.5 Å². The summed E-state index contributed by atoms with van der Waals surface area (Å²) in [5, 5.41) is 9.21. The molecule has 0 unspecified atom stereocenters. The normalized spacial score (nSPS) is 19.2. The molecular weight excluding hydrogens is 446 g/mol. The molecule has 2 aliphatic rings. The zero-order valence-electron chi connectivity index (χ0n) is 18.2. The van der Waals surface area contributed by atoms with Crippen molar-refractivity contribution in [1.29, 1.82) is 0 Å². The van der Waals surface area contributed by atoms with E-state index in [0.717, 1.165) is 13.1 Å². The summed E-state index contributed by atoms with van der Waals surface area (Å²) < 4.78 is 2.02. The molecule has 4 heterocycles. The van der Waals surface area contributed by atoms with Crippen LogP contribution in [0.2, 0.25) is 0 Å². The maximum absolute atomic E-state index is 13.4. The Morgan fingerprint density at radius 3 is 2.66 bits per heavy atom. The van der Waals surface area contributed by atoms with Crippen molar-refractivity contribution in [3.63, 3.8) is 0 Å². The fraction of sp³-hybridized carbons (Fsp3) is 0.455. The van der Waals surface area contributed by atoms with Gasteiger partial charge in [-0.1, -0.05) is 43.9 Å². The Kier molecular flexibility index (Phi) is 6.94. The molecule has 170 valence electrons. The van der Waals surface area contributed by atoms with Crippen LogP contribution in [0.4, 0.5) is 5.82 Å². The molecule has 2 fully saturated rings. The van der Waals surface area contributed by atoms with E-state index in [-0.39, 0.29) is 24.0 Å². The lowest BCUT2D eigenvalue weighted by Crippen LogP contribution is -2.48. The van der Waals surface area contributed by atoms with Crippen LogP contribution in [0.1, 0.15) is 19.4 Å². The predicted octanol–water partition coefficient (Wildman–Crippen LogP) is 1.67. The van der Waals surface area contributed by atoms with Gasteiger partial charge in [-0.05, 0) is 24.1 Å². The molecule has 10 heteroatoms. The van der Waals surface area contributed by atoms with Crippen LogP contribution in [-0.4, -0.2) is 80.4 Å². The maximum atomic E-state index is 13.4. The Labute approximate surface area is 196 Å². The van der Waals surface area contributed by atoms with E-state index in [2.05, 4.69) is 9.80 Å². The molecule has 8 nitrogen and oxygen atoms in total. The monoisotopic (exact) mass is 473 g/mol. The molecule has 0 atom stereocenters. The lowest BCUT2D eigenvalue weighted by Gasteiger charge is -2.35. The van der Waals surface area contributed by atoms with Gasteiger partial charge in [0.05, 0.1) is 17.1 Å². The van der Waals surface area contributed by atoms with E-state index < -0.39 is 0 Å². The highest BCUT2D eigenvalue weighted by molar-refractivity contribution is 8.26. The van der Waals surface area contributed by atoms with E-state index in [0.29, 0.717) is 52.4 Å². The number of nitrogens with zero attached hydrogens (tertiary/aromatic N) is 5. The molecule has 4 rings (SSSR count). The van der Waals surface area contributed by atoms with Crippen LogP contribution in [0.25, 0.3) is 11.7 Å². The molecule has 0 saturated carbocycles. The number of fused-ring (bicyclic) bond motifs is 1. The summed E-state index contributed by atoms with van der Waals surface area (Å²) in [5.74, 6) is 0.708. The van der Waals surface area contributed by atoms with Gasteiger partial charge in [0.15, 0.2) is 0 Å². The number of thioether (sulfide) groups is 1. The average molecular weight is 474 g/mol. The van der Waals surface area contributed by atoms with E-state index in [9.17, 15) is 14.7 Å². The van der Waals surface area contributed by atoms with Gasteiger partial charge in [0.25, 0.3) is 11.5 Å². The number of anilines is 1. The van der Waals surface area contributed by atoms with Gasteiger partial charge >= 0.3 is 0 Å². The van der Waals surface area contributed by atoms with Gasteiger partial charge in [0, 0.05) is 45.5 Å². The first kappa shape index (κ1) is 22.9. The second-order valence-electron chi connectivity index (χ2n) is 8.32. The smallest absolute Gasteiger partial charge is 0.267 e. The van der Waals surface area contributed by atoms with Crippen molar-refractivity contribution >= 4 is 51.7 Å². The first-order valence-corrected chi connectivity index (χ1v) is 12.0. The van der Waals surface area contributed by atoms with Crippen molar-refractivity contribution in [2.75, 3.05) is 50.8 Å². The highest BCUT2D eigenvalue weighted by atomic mass is 32.2. The number of aliphatic hydroxyl groups is 1. The second kappa shape index (κ2) is 9.70. The van der Waals surface area contributed by atoms with Gasteiger partial charge in [0.2, 0.25) is 0 Å². The summed E-state index contributed by atoms with van der Waals surface area (Å²) >= 11 is 6.66. The minimum absolute atomic E-state index is 0.124. The van der Waals surface area contributed by atoms with Gasteiger partial charge in [-0.25, -0.2) is 4.98 Å². The van der Waals surface area contributed by atoms with E-state index in [4.69, 9.17) is 17.2 Å². The standard InChI is InChI=1S/C22H27N5O3S2/c1-15(2)14-27-21(30)17(32-22(27)31)13-16-19(25-9-7-24(8-10-25)11-12-28)23-18-5-3-4-6-26(18)20(16)29/h3-6,13,15,28H,7-12,14H2,1-2H3/b17-13+. The number of β-amino-alcohol motifs (C(OH)–C–C–N with tert-alkyl or cyclic N) is 1. The number of hydrogen-bond donors (Lipinski definition) is 1. The SMILES string of the molecule is CC(C)CN1C(=O)/C(=C\c2c(N3CCN(CCO)CC3)nc3ccccn3c2=O)SC1=S. The van der Waals surface area contributed by atoms with Gasteiger partial charge in [-0.15, -0.1) is 0 Å². The summed E-state index contributed by atoms with van der Waals surface area (Å²) in [6.45, 7) is 8.29. The molecule has 2 aromatic rings. The van der Waals surface area contributed by atoms with E-state index in [1.165, 1.54) is 16.2 Å². The molecule has 2 aliphatic heterocycles. The van der Waals surface area contributed by atoms with Gasteiger partial charge in [0.1, 0.15) is 15.8 Å². The predicted molar refractivity (Wildman–Crippen MR) is 132 cm³/mol. The number of thiocarbonyl (C=S) groups is 1. The molecule has 2 aromatic heterocycles. The van der Waals surface area contributed by atoms with Crippen molar-refractivity contribution < 1.29 is 9.90 Å². The lowest BCUT2D eigenvalue weighted by atomic mass is 10.2. The van der Waals surface area contributed by atoms with Crippen molar-refractivity contribution in [1.82, 2.24) is 19.2 Å². The van der Waals surface area contributed by atoms with Crippen molar-refractivity contribution in [3.05, 3.63) is 45.2 Å². The number of amides is 1. The van der Waals surface area contributed by atoms with Crippen LogP contribution >= 0.6 is 24.0 Å². The Hall–Kier alpha value is -2.27. The minimum Gasteiger partial charge on any atom is -0.395 e. The number of rotatable bonds is 6. The third-order valence-corrected chi connectivity index (χ3v) is 6.91. The van der Waals surface area contributed by atoms with Gasteiger partial charge < -0.3 is 10.0 Å². The number of aliphatic hydroxyl groups excluding tert-OH is 1. The molecule has 0 aromatic carbocycles. The second-order valence-corrected chi connectivity index (χ2v) is 10.00. The number of aromatic nitrogens is 2. The van der Waals surface area contributed by atoms with Crippen molar-refractivity contribution in [3.8, 4) is 0 Å². The average Bonchev–Trinajstić information content (AvgIpc) is 3.03. The third-order valence-electron chi connectivity index (χ3n) is 5.53. The van der Waals surface area contributed by atoms with E-state index >= 15 is 0 Å². The highest BCUT2D eigenvalue weighted by Gasteiger charge is 2.33. The fourth-order valence-electron chi connectivity index (χ4n) is 3.94. The number of piperazine rings is 1. The topological polar surface area (TPSA) is 81.4 Å². The van der Waals surface area contributed by atoms with E-state index in [1.54, 1.807) is 29.3 Å². The van der Waals surface area contributed by atoms with Crippen LogP contribution in [0.3, 0.4) is 0 Å². The van der Waals surface area contributed by atoms with Gasteiger partial charge in [-0.3, -0.25) is 23.8 Å². The fourth-order valence-corrected chi connectivity index (χ4v) is 5.19. The van der Waals surface area contributed by atoms with E-state index in [1.807, 2.05) is 19.9 Å². The zero-order valence-corrected chi connectivity index (χ0v) is 19.9. The Bertz CT molecular complexity index is 1120. The Morgan fingerprint density at radius 1 is 1.22 bits per heavy atom. The summed E-state index contributed by atoms with van der Waals surface area (Å²) in [5.41, 5.74) is 0.752. The zero-order chi connectivity index (χ0) is 22.8. The lowest BCUT2D eigenvalue weighted by molar-refractivity contribution is -0.122. The molecule has 0 aliphatic carbocycles. The summed E-state index contributed by atoms with van der Waals surface area (Å²) in [6, 6.07) is 5.44. The van der Waals surface area contributed by atoms with Crippen LogP contribution in [0.15, 0.2) is 34.1 Å². The number of carbonyl (C=O) groups excluding carboxylic acids is 1. The van der Waals surface area contributed by atoms with Crippen LogP contribution in [0, 0.1) is 5.92 Å². The quantitative estimate of drug-likeness (QED) is 0.501. The number of carbonyl (C=O) groups is 1. The Balaban J connectivity index is 1.75. The largest absolute Gasteiger partial charge is 0.395 e. The summed E-state index contributed by atoms with van der Waals surface area (Å²) in [4.78, 5) is 37.6. The van der Waals surface area contributed by atoms with Crippen LogP contribution in [-0.2, 0) is 4.79 Å². The molecule has 32 heavy (non-hydrogen) atoms. The first-order valence-electron chi connectivity index (χ1n) is 10.7. The van der Waals surface area contributed by atoms with Crippen LogP contribution in [0.5, 0.6) is 0 Å². The van der Waals surface area contributed by atoms with Crippen molar-refractivity contribution in [2.24, 2.45) is 5.92 Å². The molecule has 0 radical (unpaired) electrons. The number of hydrogen-bond acceptors (Lipinski definition) is 8. The Morgan fingerprint density at radius 2 is 1.97 bits per heavy atom. The van der Waals surface area contributed by atoms with Gasteiger partial charge in [-0.2, -0.15) is 0 Å². The molecule has 1 amide bonds. The molecule has 2 saturated heterocycles. The maximum Gasteiger partial charge on any atom is 0.267 e. The minimum atomic E-state index is -0.211. The molecular formula is C22H27N5O3S2. The summed E-state index contributed by atoms with van der Waals surface area (Å²) in [6.07, 6.45) is 3.35. The highest BCUT2D eigenvalue weighted by Crippen LogP contribution is 2.34. The third kappa shape index (κ3) is 4.59. The van der Waals surface area contributed by atoms with Crippen molar-refractivity contribution in [2.45, 2.75) is 13.8 Å². The molecule has 0 spiro atoms. The first-order chi connectivity index (χ1) is 15.4. The number of pyridine rings is 1.